The van der Waals surface area contributed by atoms with Crippen molar-refractivity contribution in [3.8, 4) is 0 Å². The second kappa shape index (κ2) is 6.51. The molecule has 0 aliphatic carbocycles. The number of para-hydroxylation sites is 2. The molecule has 1 aliphatic rings. The van der Waals surface area contributed by atoms with Crippen molar-refractivity contribution in [2.45, 2.75) is 25.6 Å². The van der Waals surface area contributed by atoms with Crippen LogP contribution >= 0.6 is 0 Å². The number of oxazole rings is 1. The zero-order valence-corrected chi connectivity index (χ0v) is 14.6. The topological polar surface area (TPSA) is 75.1 Å². The highest BCUT2D eigenvalue weighted by molar-refractivity contribution is 5.72. The van der Waals surface area contributed by atoms with Crippen molar-refractivity contribution >= 4 is 11.1 Å². The van der Waals surface area contributed by atoms with E-state index in [-0.39, 0.29) is 6.10 Å². The minimum absolute atomic E-state index is 0.0398. The lowest BCUT2D eigenvalue weighted by Gasteiger charge is -2.25. The molecule has 0 saturated heterocycles. The maximum atomic E-state index is 12.1. The molecule has 0 spiro atoms. The lowest BCUT2D eigenvalue weighted by atomic mass is 9.98. The molecular weight excluding hydrogens is 344 g/mol. The largest absolute Gasteiger partial charge is 0.420 e. The lowest BCUT2D eigenvalue weighted by molar-refractivity contribution is 0.0279. The van der Waals surface area contributed by atoms with Crippen LogP contribution in [0.1, 0.15) is 22.9 Å². The summed E-state index contributed by atoms with van der Waals surface area (Å²) >= 11 is 0. The third kappa shape index (κ3) is 2.96. The van der Waals surface area contributed by atoms with E-state index < -0.39 is 5.76 Å². The molecule has 7 nitrogen and oxygen atoms in total. The summed E-state index contributed by atoms with van der Waals surface area (Å²) in [5, 5.41) is 8.43. The fraction of sp³-hybridized carbons (Fsp3) is 0.250. The van der Waals surface area contributed by atoms with Gasteiger partial charge in [-0.05, 0) is 29.7 Å². The standard InChI is InChI=1S/C20H18N4O3/c25-20-24(17-7-3-4-8-18(17)27-20)12-15-11-23(22-21-15)13-19-16-6-2-1-5-14(16)9-10-26-19/h1-8,11,19H,9-10,12-13H2. The summed E-state index contributed by atoms with van der Waals surface area (Å²) in [5.41, 5.74) is 4.56. The van der Waals surface area contributed by atoms with Crippen LogP contribution in [0.2, 0.25) is 0 Å². The summed E-state index contributed by atoms with van der Waals surface area (Å²) in [5.74, 6) is -0.393. The molecule has 0 N–H and O–H groups in total. The number of benzene rings is 2. The van der Waals surface area contributed by atoms with Crippen LogP contribution in [0.5, 0.6) is 0 Å². The van der Waals surface area contributed by atoms with Crippen LogP contribution in [-0.2, 0) is 24.2 Å². The van der Waals surface area contributed by atoms with E-state index >= 15 is 0 Å². The third-order valence-corrected chi connectivity index (χ3v) is 4.93. The van der Waals surface area contributed by atoms with E-state index in [0.717, 1.165) is 11.9 Å². The van der Waals surface area contributed by atoms with Gasteiger partial charge < -0.3 is 9.15 Å². The van der Waals surface area contributed by atoms with Crippen LogP contribution in [0.15, 0.2) is 63.9 Å². The number of rotatable bonds is 4. The van der Waals surface area contributed by atoms with Crippen LogP contribution in [0.3, 0.4) is 0 Å². The summed E-state index contributed by atoms with van der Waals surface area (Å²) in [6.07, 6.45) is 2.75. The van der Waals surface area contributed by atoms with Crippen LogP contribution < -0.4 is 5.76 Å². The fourth-order valence-electron chi connectivity index (χ4n) is 3.62. The van der Waals surface area contributed by atoms with Gasteiger partial charge in [0.1, 0.15) is 11.8 Å². The summed E-state index contributed by atoms with van der Waals surface area (Å²) in [4.78, 5) is 12.1. The summed E-state index contributed by atoms with van der Waals surface area (Å²) in [6, 6.07) is 15.7. The van der Waals surface area contributed by atoms with E-state index in [2.05, 4.69) is 28.5 Å². The van der Waals surface area contributed by atoms with E-state index in [4.69, 9.17) is 9.15 Å². The number of fused-ring (bicyclic) bond motifs is 2. The third-order valence-electron chi connectivity index (χ3n) is 4.93. The predicted octanol–water partition coefficient (Wildman–Crippen LogP) is 2.55. The van der Waals surface area contributed by atoms with Gasteiger partial charge in [-0.25, -0.2) is 9.48 Å². The molecule has 0 saturated carbocycles. The van der Waals surface area contributed by atoms with Crippen molar-refractivity contribution in [2.24, 2.45) is 0 Å². The Morgan fingerprint density at radius 1 is 1.11 bits per heavy atom. The van der Waals surface area contributed by atoms with Gasteiger partial charge in [-0.15, -0.1) is 5.10 Å². The van der Waals surface area contributed by atoms with Crippen molar-refractivity contribution in [3.05, 3.63) is 82.1 Å². The molecule has 3 heterocycles. The average Bonchev–Trinajstić information content (AvgIpc) is 3.27. The monoisotopic (exact) mass is 362 g/mol. The molecule has 0 bridgehead atoms. The van der Waals surface area contributed by atoms with Crippen LogP contribution in [-0.4, -0.2) is 26.2 Å². The highest BCUT2D eigenvalue weighted by atomic mass is 16.5. The summed E-state index contributed by atoms with van der Waals surface area (Å²) in [6.45, 7) is 1.61. The number of ether oxygens (including phenoxy) is 1. The van der Waals surface area contributed by atoms with Crippen LogP contribution in [0.4, 0.5) is 0 Å². The first-order valence-electron chi connectivity index (χ1n) is 8.95. The SMILES string of the molecule is O=c1oc2ccccc2n1Cc1cn(CC2OCCc3ccccc32)nn1. The zero-order valence-electron chi connectivity index (χ0n) is 14.6. The van der Waals surface area contributed by atoms with Gasteiger partial charge >= 0.3 is 5.76 Å². The minimum Gasteiger partial charge on any atom is -0.408 e. The predicted molar refractivity (Wildman–Crippen MR) is 98.4 cm³/mol. The Hall–Kier alpha value is -3.19. The second-order valence-electron chi connectivity index (χ2n) is 6.66. The Labute approximate surface area is 154 Å². The maximum absolute atomic E-state index is 12.1. The maximum Gasteiger partial charge on any atom is 0.420 e. The van der Waals surface area contributed by atoms with E-state index in [1.165, 1.54) is 11.1 Å². The first kappa shape index (κ1) is 16.0. The Bertz CT molecular complexity index is 1160. The van der Waals surface area contributed by atoms with Crippen molar-refractivity contribution in [3.63, 3.8) is 0 Å². The first-order chi connectivity index (χ1) is 13.3. The Morgan fingerprint density at radius 2 is 1.96 bits per heavy atom. The molecule has 1 unspecified atom stereocenters. The molecule has 4 aromatic rings. The van der Waals surface area contributed by atoms with Gasteiger partial charge in [-0.2, -0.15) is 0 Å². The Balaban J connectivity index is 1.38. The van der Waals surface area contributed by atoms with Gasteiger partial charge in [0.15, 0.2) is 5.58 Å². The van der Waals surface area contributed by atoms with Gasteiger partial charge in [0, 0.05) is 0 Å². The number of nitrogens with zero attached hydrogens (tertiary/aromatic N) is 4. The van der Waals surface area contributed by atoms with Gasteiger partial charge in [-0.1, -0.05) is 41.6 Å². The van der Waals surface area contributed by atoms with E-state index in [1.807, 2.05) is 30.5 Å². The minimum atomic E-state index is -0.393. The molecule has 27 heavy (non-hydrogen) atoms. The average molecular weight is 362 g/mol. The fourth-order valence-corrected chi connectivity index (χ4v) is 3.62. The van der Waals surface area contributed by atoms with Crippen molar-refractivity contribution in [2.75, 3.05) is 6.61 Å². The van der Waals surface area contributed by atoms with Crippen molar-refractivity contribution < 1.29 is 9.15 Å². The molecule has 1 atom stereocenters. The van der Waals surface area contributed by atoms with E-state index in [9.17, 15) is 4.79 Å². The highest BCUT2D eigenvalue weighted by Crippen LogP contribution is 2.28. The van der Waals surface area contributed by atoms with Gasteiger partial charge in [-0.3, -0.25) is 4.57 Å². The van der Waals surface area contributed by atoms with Gasteiger partial charge in [0.25, 0.3) is 0 Å². The smallest absolute Gasteiger partial charge is 0.408 e. The lowest BCUT2D eigenvalue weighted by Crippen LogP contribution is -2.20. The molecule has 2 aromatic carbocycles. The summed E-state index contributed by atoms with van der Waals surface area (Å²) in [7, 11) is 0. The zero-order chi connectivity index (χ0) is 18.2. The number of hydrogen-bond donors (Lipinski definition) is 0. The van der Waals surface area contributed by atoms with Gasteiger partial charge in [0.2, 0.25) is 0 Å². The molecule has 0 radical (unpaired) electrons. The second-order valence-corrected chi connectivity index (χ2v) is 6.66. The molecule has 0 fully saturated rings. The quantitative estimate of drug-likeness (QED) is 0.558. The van der Waals surface area contributed by atoms with Gasteiger partial charge in [0.05, 0.1) is 31.4 Å². The van der Waals surface area contributed by atoms with E-state index in [1.54, 1.807) is 15.3 Å². The van der Waals surface area contributed by atoms with Crippen LogP contribution in [0.25, 0.3) is 11.1 Å². The Kier molecular flexibility index (Phi) is 3.86. The number of aromatic nitrogens is 4. The molecule has 1 aliphatic heterocycles. The molecule has 2 aromatic heterocycles. The van der Waals surface area contributed by atoms with Crippen molar-refractivity contribution in [1.29, 1.82) is 0 Å². The first-order valence-corrected chi connectivity index (χ1v) is 8.95. The van der Waals surface area contributed by atoms with E-state index in [0.29, 0.717) is 31.0 Å². The normalized spacial score (nSPS) is 16.5. The molecule has 0 amide bonds. The molecule has 136 valence electrons. The number of hydrogen-bond acceptors (Lipinski definition) is 5. The summed E-state index contributed by atoms with van der Waals surface area (Å²) < 4.78 is 14.6. The molecule has 7 heteroatoms. The Morgan fingerprint density at radius 3 is 2.93 bits per heavy atom. The molecule has 5 rings (SSSR count). The van der Waals surface area contributed by atoms with Crippen LogP contribution in [0, 0.1) is 0 Å². The van der Waals surface area contributed by atoms with Crippen molar-refractivity contribution in [1.82, 2.24) is 19.6 Å². The molecular formula is C20H18N4O3. The highest BCUT2D eigenvalue weighted by Gasteiger charge is 2.21.